The van der Waals surface area contributed by atoms with E-state index >= 15 is 0 Å². The summed E-state index contributed by atoms with van der Waals surface area (Å²) in [5, 5.41) is 3.50. The summed E-state index contributed by atoms with van der Waals surface area (Å²) in [5.41, 5.74) is 5.63. The Morgan fingerprint density at radius 2 is 1.88 bits per heavy atom. The van der Waals surface area contributed by atoms with Crippen molar-refractivity contribution in [2.75, 3.05) is 23.3 Å². The number of rotatable bonds is 9. The molecule has 1 saturated heterocycles. The fourth-order valence-electron chi connectivity index (χ4n) is 4.53. The van der Waals surface area contributed by atoms with E-state index in [0.29, 0.717) is 10.4 Å². The van der Waals surface area contributed by atoms with Gasteiger partial charge < -0.3 is 10.2 Å². The van der Waals surface area contributed by atoms with E-state index in [1.54, 1.807) is 0 Å². The average molecular weight is 482 g/mol. The van der Waals surface area contributed by atoms with E-state index in [1.165, 1.54) is 37.8 Å². The lowest BCUT2D eigenvalue weighted by molar-refractivity contribution is 0.202. The number of benzene rings is 1. The van der Waals surface area contributed by atoms with Gasteiger partial charge in [-0.1, -0.05) is 82.8 Å². The zero-order chi connectivity index (χ0) is 25.6. The number of hydrogen-bond acceptors (Lipinski definition) is 3. The molecule has 1 aliphatic heterocycles. The number of nitrogens with zero attached hydrogens (tertiary/aromatic N) is 2. The normalized spacial score (nSPS) is 19.6. The molecule has 0 bridgehead atoms. The van der Waals surface area contributed by atoms with E-state index in [4.69, 9.17) is 17.2 Å². The van der Waals surface area contributed by atoms with Gasteiger partial charge in [0.25, 0.3) is 0 Å². The summed E-state index contributed by atoms with van der Waals surface area (Å²) in [7, 11) is 0. The highest BCUT2D eigenvalue weighted by Gasteiger charge is 2.33. The first-order chi connectivity index (χ1) is 16.4. The number of nitrogens with one attached hydrogen (secondary N) is 1. The molecule has 1 fully saturated rings. The predicted octanol–water partition coefficient (Wildman–Crippen LogP) is 9.14. The van der Waals surface area contributed by atoms with Crippen LogP contribution in [-0.2, 0) is 0 Å². The Labute approximate surface area is 215 Å². The Morgan fingerprint density at radius 3 is 2.50 bits per heavy atom. The molecule has 0 aliphatic carbocycles. The first-order valence-corrected chi connectivity index (χ1v) is 13.5. The van der Waals surface area contributed by atoms with E-state index < -0.39 is 0 Å². The predicted molar refractivity (Wildman–Crippen MR) is 159 cm³/mol. The number of para-hydroxylation sites is 2. The van der Waals surface area contributed by atoms with Gasteiger partial charge in [0.15, 0.2) is 0 Å². The molecule has 1 aromatic rings. The van der Waals surface area contributed by atoms with E-state index in [9.17, 15) is 0 Å². The van der Waals surface area contributed by atoms with Gasteiger partial charge in [0.05, 0.1) is 17.1 Å². The van der Waals surface area contributed by atoms with Crippen LogP contribution in [0.1, 0.15) is 87.5 Å². The van der Waals surface area contributed by atoms with Crippen LogP contribution in [0.15, 0.2) is 64.8 Å². The van der Waals surface area contributed by atoms with Gasteiger partial charge in [0, 0.05) is 18.8 Å². The highest BCUT2D eigenvalue weighted by molar-refractivity contribution is 7.81. The second-order valence-corrected chi connectivity index (χ2v) is 9.25. The first kappa shape index (κ1) is 29.8. The van der Waals surface area contributed by atoms with E-state index in [0.717, 1.165) is 35.8 Å². The van der Waals surface area contributed by atoms with Gasteiger partial charge in [0.2, 0.25) is 0 Å². The van der Waals surface area contributed by atoms with Crippen molar-refractivity contribution in [1.29, 1.82) is 0 Å². The molecule has 0 aromatic heterocycles. The lowest BCUT2D eigenvalue weighted by Gasteiger charge is -2.44. The Kier molecular flexibility index (Phi) is 13.7. The molecule has 1 heterocycles. The van der Waals surface area contributed by atoms with Crippen molar-refractivity contribution in [2.24, 2.45) is 10.4 Å². The number of aliphatic imine (C=N–C) groups is 1. The molecule has 1 unspecified atom stereocenters. The summed E-state index contributed by atoms with van der Waals surface area (Å²) in [6.45, 7) is 19.0. The minimum atomic E-state index is 0.424. The van der Waals surface area contributed by atoms with Crippen LogP contribution in [0.2, 0.25) is 0 Å². The minimum Gasteiger partial charge on any atom is -0.369 e. The Bertz CT molecular complexity index is 890. The Morgan fingerprint density at radius 1 is 1.18 bits per heavy atom. The maximum Gasteiger partial charge on any atom is 0.129 e. The zero-order valence-corrected chi connectivity index (χ0v) is 23.7. The number of anilines is 2. The monoisotopic (exact) mass is 481 g/mol. The molecule has 3 nitrogen and oxygen atoms in total. The maximum absolute atomic E-state index is 5.78. The summed E-state index contributed by atoms with van der Waals surface area (Å²) in [4.78, 5) is 8.02. The van der Waals surface area contributed by atoms with E-state index in [2.05, 4.69) is 61.3 Å². The Hall–Kier alpha value is -2.20. The van der Waals surface area contributed by atoms with Crippen LogP contribution >= 0.6 is 12.2 Å². The number of thiocarbonyl (C=S) groups is 1. The molecule has 4 heteroatoms. The molecule has 1 N–H and O–H groups in total. The lowest BCUT2D eigenvalue weighted by Crippen LogP contribution is -2.43. The Balaban J connectivity index is 0.00000281. The van der Waals surface area contributed by atoms with Gasteiger partial charge in [-0.3, -0.25) is 4.99 Å². The standard InChI is InChI=1S/C28H41N3S.C2H6/c1-7-11-15-22(5)23(6)29-24(9-3)27(32)30-25-16-12-13-17-26(25)31-20-14-19-28(10-4,21-31)18-8-2;1-2/h7,9,11-13,15-17H,8,10,14,18-21H2,1-6H3,(H,30,32);1-2H3/b11-7-,22-15+,24-9-,29-23+;. The third-order valence-corrected chi connectivity index (χ3v) is 6.90. The third-order valence-electron chi connectivity index (χ3n) is 6.59. The summed E-state index contributed by atoms with van der Waals surface area (Å²) in [6.07, 6.45) is 14.5. The van der Waals surface area contributed by atoms with Crippen LogP contribution in [0.4, 0.5) is 11.4 Å². The molecule has 0 amide bonds. The van der Waals surface area contributed by atoms with Crippen LogP contribution in [-0.4, -0.2) is 23.8 Å². The minimum absolute atomic E-state index is 0.424. The molecule has 2 rings (SSSR count). The number of hydrogen-bond donors (Lipinski definition) is 1. The van der Waals surface area contributed by atoms with Gasteiger partial charge in [-0.15, -0.1) is 0 Å². The van der Waals surface area contributed by atoms with Crippen molar-refractivity contribution >= 4 is 34.3 Å². The highest BCUT2D eigenvalue weighted by atomic mass is 32.1. The SMILES string of the molecule is CC.C\C=C/C=C(C)/C(C)=N/C(=C\C)C(=S)Nc1ccccc1N1CCCC(CC)(CCC)C1. The molecule has 0 spiro atoms. The van der Waals surface area contributed by atoms with Gasteiger partial charge in [-0.2, -0.15) is 0 Å². The number of piperidine rings is 1. The molecular weight excluding hydrogens is 434 g/mol. The van der Waals surface area contributed by atoms with Gasteiger partial charge in [0.1, 0.15) is 4.99 Å². The molecule has 1 atom stereocenters. The molecule has 0 radical (unpaired) electrons. The van der Waals surface area contributed by atoms with Crippen molar-refractivity contribution in [3.63, 3.8) is 0 Å². The van der Waals surface area contributed by atoms with Crippen LogP contribution in [0.3, 0.4) is 0 Å². The molecule has 188 valence electrons. The van der Waals surface area contributed by atoms with Gasteiger partial charge >= 0.3 is 0 Å². The van der Waals surface area contributed by atoms with Crippen molar-refractivity contribution in [3.8, 4) is 0 Å². The van der Waals surface area contributed by atoms with E-state index in [-0.39, 0.29) is 0 Å². The molecule has 0 saturated carbocycles. The molecule has 1 aromatic carbocycles. The molecular formula is C30H47N3S. The zero-order valence-electron chi connectivity index (χ0n) is 22.9. The average Bonchev–Trinajstić information content (AvgIpc) is 2.87. The quantitative estimate of drug-likeness (QED) is 0.165. The van der Waals surface area contributed by atoms with Crippen molar-refractivity contribution in [3.05, 3.63) is 59.8 Å². The van der Waals surface area contributed by atoms with Crippen LogP contribution in [0.5, 0.6) is 0 Å². The largest absolute Gasteiger partial charge is 0.369 e. The number of allylic oxidation sites excluding steroid dienone is 5. The maximum atomic E-state index is 5.78. The highest BCUT2D eigenvalue weighted by Crippen LogP contribution is 2.40. The van der Waals surface area contributed by atoms with Crippen LogP contribution < -0.4 is 10.2 Å². The summed E-state index contributed by atoms with van der Waals surface area (Å²) >= 11 is 5.78. The van der Waals surface area contributed by atoms with E-state index in [1.807, 2.05) is 52.8 Å². The van der Waals surface area contributed by atoms with Crippen molar-refractivity contribution in [1.82, 2.24) is 0 Å². The molecule has 34 heavy (non-hydrogen) atoms. The molecule has 1 aliphatic rings. The van der Waals surface area contributed by atoms with Crippen LogP contribution in [0, 0.1) is 5.41 Å². The van der Waals surface area contributed by atoms with Crippen molar-refractivity contribution in [2.45, 2.75) is 87.5 Å². The van der Waals surface area contributed by atoms with Crippen molar-refractivity contribution < 1.29 is 0 Å². The third kappa shape index (κ3) is 8.54. The second kappa shape index (κ2) is 15.7. The smallest absolute Gasteiger partial charge is 0.129 e. The van der Waals surface area contributed by atoms with Crippen LogP contribution in [0.25, 0.3) is 0 Å². The topological polar surface area (TPSA) is 27.6 Å². The van der Waals surface area contributed by atoms with Gasteiger partial charge in [-0.25, -0.2) is 0 Å². The second-order valence-electron chi connectivity index (χ2n) is 8.85. The fourth-order valence-corrected chi connectivity index (χ4v) is 4.80. The summed E-state index contributed by atoms with van der Waals surface area (Å²) in [6, 6.07) is 8.55. The summed E-state index contributed by atoms with van der Waals surface area (Å²) in [5.74, 6) is 0. The fraction of sp³-hybridized carbons (Fsp3) is 0.533. The summed E-state index contributed by atoms with van der Waals surface area (Å²) < 4.78 is 0. The first-order valence-electron chi connectivity index (χ1n) is 13.1. The lowest BCUT2D eigenvalue weighted by atomic mass is 9.74. The van der Waals surface area contributed by atoms with Gasteiger partial charge in [-0.05, 0) is 76.5 Å².